The fraction of sp³-hybridized carbons (Fsp3) is 0.353. The van der Waals surface area contributed by atoms with Crippen molar-refractivity contribution < 1.29 is 19.1 Å². The Morgan fingerprint density at radius 2 is 2.22 bits per heavy atom. The van der Waals surface area contributed by atoms with Crippen LogP contribution in [0.15, 0.2) is 47.1 Å². The van der Waals surface area contributed by atoms with Gasteiger partial charge in [-0.15, -0.1) is 0 Å². The van der Waals surface area contributed by atoms with Crippen molar-refractivity contribution in [3.8, 4) is 0 Å². The second-order valence-electron chi connectivity index (χ2n) is 5.65. The number of para-hydroxylation sites is 1. The van der Waals surface area contributed by atoms with E-state index in [1.54, 1.807) is 12.3 Å². The van der Waals surface area contributed by atoms with Gasteiger partial charge in [-0.2, -0.15) is 0 Å². The minimum atomic E-state index is -0.724. The highest BCUT2D eigenvalue weighted by Gasteiger charge is 2.33. The Morgan fingerprint density at radius 1 is 1.39 bits per heavy atom. The van der Waals surface area contributed by atoms with Crippen LogP contribution in [0.2, 0.25) is 0 Å². The molecule has 1 aromatic heterocycles. The zero-order valence-corrected chi connectivity index (χ0v) is 12.7. The van der Waals surface area contributed by atoms with Crippen molar-refractivity contribution in [3.05, 3.63) is 54.0 Å². The molecule has 6 heteroatoms. The molecule has 0 saturated heterocycles. The number of aliphatic hydroxyl groups is 1. The first-order valence-electron chi connectivity index (χ1n) is 7.57. The molecule has 122 valence electrons. The summed E-state index contributed by atoms with van der Waals surface area (Å²) >= 11 is 0. The lowest BCUT2D eigenvalue weighted by Gasteiger charge is -2.27. The summed E-state index contributed by atoms with van der Waals surface area (Å²) in [4.78, 5) is 13.5. The van der Waals surface area contributed by atoms with Crippen LogP contribution in [-0.2, 0) is 22.6 Å². The number of primary amides is 1. The number of carbonyl (C=O) groups excluding carboxylic acids is 1. The van der Waals surface area contributed by atoms with Crippen LogP contribution in [0, 0.1) is 0 Å². The fourth-order valence-electron chi connectivity index (χ4n) is 2.90. The fourth-order valence-corrected chi connectivity index (χ4v) is 2.90. The molecule has 1 aromatic carbocycles. The van der Waals surface area contributed by atoms with E-state index in [2.05, 4.69) is 0 Å². The van der Waals surface area contributed by atoms with Crippen molar-refractivity contribution in [1.82, 2.24) is 0 Å². The average Bonchev–Trinajstić information content (AvgIpc) is 3.16. The van der Waals surface area contributed by atoms with E-state index in [0.29, 0.717) is 25.3 Å². The van der Waals surface area contributed by atoms with Gasteiger partial charge in [0.2, 0.25) is 5.91 Å². The van der Waals surface area contributed by atoms with E-state index in [1.807, 2.05) is 35.2 Å². The van der Waals surface area contributed by atoms with Crippen molar-refractivity contribution >= 4 is 11.6 Å². The van der Waals surface area contributed by atoms with Gasteiger partial charge in [0.25, 0.3) is 0 Å². The number of hydrogen-bond donors (Lipinski definition) is 2. The second kappa shape index (κ2) is 6.85. The van der Waals surface area contributed by atoms with E-state index in [1.165, 1.54) is 0 Å². The molecule has 1 unspecified atom stereocenters. The number of hydrogen-bond acceptors (Lipinski definition) is 5. The topological polar surface area (TPSA) is 88.9 Å². The van der Waals surface area contributed by atoms with Crippen molar-refractivity contribution in [1.29, 1.82) is 0 Å². The number of β-amino-alcohol motifs (C(OH)–C–C–N with tert-alkyl or cyclic N) is 1. The summed E-state index contributed by atoms with van der Waals surface area (Å²) in [5.41, 5.74) is 7.52. The Hall–Kier alpha value is -2.31. The normalized spacial score (nSPS) is 18.0. The molecule has 2 aromatic rings. The van der Waals surface area contributed by atoms with Crippen molar-refractivity contribution in [2.24, 2.45) is 5.73 Å². The van der Waals surface area contributed by atoms with Gasteiger partial charge in [-0.1, -0.05) is 18.2 Å². The number of nitrogens with zero attached hydrogens (tertiary/aromatic N) is 1. The van der Waals surface area contributed by atoms with E-state index < -0.39 is 12.1 Å². The summed E-state index contributed by atoms with van der Waals surface area (Å²) in [5, 5.41) is 10.2. The summed E-state index contributed by atoms with van der Waals surface area (Å²) in [5.74, 6) is 0.323. The summed E-state index contributed by atoms with van der Waals surface area (Å²) in [7, 11) is 0. The van der Waals surface area contributed by atoms with Gasteiger partial charge >= 0.3 is 0 Å². The first-order chi connectivity index (χ1) is 11.1. The highest BCUT2D eigenvalue weighted by Crippen LogP contribution is 2.31. The quantitative estimate of drug-likeness (QED) is 0.798. The van der Waals surface area contributed by atoms with Gasteiger partial charge < -0.3 is 24.9 Å². The minimum Gasteiger partial charge on any atom is -0.467 e. The van der Waals surface area contributed by atoms with Gasteiger partial charge in [0, 0.05) is 18.7 Å². The minimum absolute atomic E-state index is 0.158. The molecular weight excluding hydrogens is 296 g/mol. The average molecular weight is 316 g/mol. The number of furan rings is 1. The van der Waals surface area contributed by atoms with Crippen LogP contribution in [0.25, 0.3) is 0 Å². The molecular formula is C17H20N2O4. The number of aliphatic hydroxyl groups excluding tert-OH is 1. The zero-order chi connectivity index (χ0) is 16.2. The van der Waals surface area contributed by atoms with Crippen LogP contribution < -0.4 is 10.6 Å². The van der Waals surface area contributed by atoms with Crippen LogP contribution in [-0.4, -0.2) is 36.3 Å². The first kappa shape index (κ1) is 15.6. The number of rotatable bonds is 7. The van der Waals surface area contributed by atoms with Crippen LogP contribution in [0.5, 0.6) is 0 Å². The third-order valence-corrected chi connectivity index (χ3v) is 3.96. The molecule has 23 heavy (non-hydrogen) atoms. The van der Waals surface area contributed by atoms with E-state index in [9.17, 15) is 9.90 Å². The largest absolute Gasteiger partial charge is 0.467 e. The molecule has 0 bridgehead atoms. The van der Waals surface area contributed by atoms with Gasteiger partial charge in [-0.3, -0.25) is 4.79 Å². The number of carbonyl (C=O) groups is 1. The first-order valence-corrected chi connectivity index (χ1v) is 7.57. The monoisotopic (exact) mass is 316 g/mol. The summed E-state index contributed by atoms with van der Waals surface area (Å²) in [6.07, 6.45) is 1.43. The molecule has 1 amide bonds. The molecule has 3 rings (SSSR count). The Labute approximate surface area is 134 Å². The highest BCUT2D eigenvalue weighted by molar-refractivity contribution is 5.86. The summed E-state index contributed by atoms with van der Waals surface area (Å²) in [6, 6.07) is 10.9. The van der Waals surface area contributed by atoms with Gasteiger partial charge in [-0.05, 0) is 23.8 Å². The van der Waals surface area contributed by atoms with Gasteiger partial charge in [0.15, 0.2) is 0 Å². The lowest BCUT2D eigenvalue weighted by molar-refractivity contribution is -0.119. The van der Waals surface area contributed by atoms with Gasteiger partial charge in [-0.25, -0.2) is 0 Å². The number of fused-ring (bicyclic) bond motifs is 1. The summed E-state index contributed by atoms with van der Waals surface area (Å²) in [6.45, 7) is 0.757. The Morgan fingerprint density at radius 3 is 2.96 bits per heavy atom. The maximum absolute atomic E-state index is 11.7. The van der Waals surface area contributed by atoms with E-state index in [-0.39, 0.29) is 12.5 Å². The number of ether oxygens (including phenoxy) is 1. The lowest BCUT2D eigenvalue weighted by Crippen LogP contribution is -2.46. The number of amides is 1. The summed E-state index contributed by atoms with van der Waals surface area (Å²) < 4.78 is 10.6. The molecule has 0 spiro atoms. The molecule has 6 nitrogen and oxygen atoms in total. The smallest absolute Gasteiger partial charge is 0.240 e. The third kappa shape index (κ3) is 3.55. The van der Waals surface area contributed by atoms with Crippen molar-refractivity contribution in [3.63, 3.8) is 0 Å². The van der Waals surface area contributed by atoms with Gasteiger partial charge in [0.05, 0.1) is 19.0 Å². The van der Waals surface area contributed by atoms with E-state index in [4.69, 9.17) is 14.9 Å². The molecule has 2 atom stereocenters. The zero-order valence-electron chi connectivity index (χ0n) is 12.7. The van der Waals surface area contributed by atoms with Crippen molar-refractivity contribution in [2.75, 3.05) is 18.1 Å². The molecule has 0 radical (unpaired) electrons. The Kier molecular flexibility index (Phi) is 4.64. The predicted molar refractivity (Wildman–Crippen MR) is 84.8 cm³/mol. The molecule has 3 N–H and O–H groups in total. The third-order valence-electron chi connectivity index (χ3n) is 3.96. The highest BCUT2D eigenvalue weighted by atomic mass is 16.5. The molecule has 1 aliphatic heterocycles. The molecule has 0 fully saturated rings. The van der Waals surface area contributed by atoms with Crippen LogP contribution in [0.3, 0.4) is 0 Å². The predicted octanol–water partition coefficient (Wildman–Crippen LogP) is 1.07. The molecule has 1 aliphatic rings. The molecule has 2 heterocycles. The van der Waals surface area contributed by atoms with E-state index in [0.717, 1.165) is 11.3 Å². The van der Waals surface area contributed by atoms with Crippen LogP contribution in [0.4, 0.5) is 5.69 Å². The number of nitrogens with two attached hydrogens (primary N) is 1. The van der Waals surface area contributed by atoms with E-state index >= 15 is 0 Å². The Bertz CT molecular complexity index is 656. The number of anilines is 1. The maximum atomic E-state index is 11.7. The second-order valence-corrected chi connectivity index (χ2v) is 5.65. The van der Waals surface area contributed by atoms with Crippen molar-refractivity contribution in [2.45, 2.75) is 25.2 Å². The standard InChI is InChI=1S/C17H20N2O4/c18-17(21)16-8-12-4-1-2-6-15(12)19(16)9-13(20)10-22-11-14-5-3-7-23-14/h1-7,13,16,20H,8-11H2,(H2,18,21)/t13?,16-/m0/s1. The van der Waals surface area contributed by atoms with Gasteiger partial charge in [0.1, 0.15) is 18.4 Å². The molecule has 0 saturated carbocycles. The Balaban J connectivity index is 1.59. The molecule has 0 aliphatic carbocycles. The lowest BCUT2D eigenvalue weighted by atomic mass is 10.1. The maximum Gasteiger partial charge on any atom is 0.240 e. The number of benzene rings is 1. The van der Waals surface area contributed by atoms with Crippen LogP contribution in [0.1, 0.15) is 11.3 Å². The SMILES string of the molecule is NC(=O)[C@@H]1Cc2ccccc2N1CC(O)COCc1ccco1. The van der Waals surface area contributed by atoms with Crippen LogP contribution >= 0.6 is 0 Å².